The normalized spacial score (nSPS) is 10.7. The fourth-order valence-corrected chi connectivity index (χ4v) is 3.23. The van der Waals surface area contributed by atoms with Crippen molar-refractivity contribution < 1.29 is 23.8 Å². The molecule has 0 saturated heterocycles. The Labute approximate surface area is 221 Å². The molecular formula is C28H30ClN3O5. The minimum atomic E-state index is -0.896. The number of unbranched alkanes of at least 4 members (excludes halogenated alkanes) is 1. The van der Waals surface area contributed by atoms with Crippen LogP contribution in [0.15, 0.2) is 71.8 Å². The van der Waals surface area contributed by atoms with Crippen molar-refractivity contribution in [1.82, 2.24) is 5.43 Å². The molecule has 0 spiro atoms. The van der Waals surface area contributed by atoms with Crippen molar-refractivity contribution in [3.8, 4) is 17.2 Å². The number of rotatable bonds is 12. The Hall–Kier alpha value is -4.04. The third kappa shape index (κ3) is 9.16. The van der Waals surface area contributed by atoms with Crippen molar-refractivity contribution >= 4 is 35.3 Å². The number of hydrazone groups is 1. The van der Waals surface area contributed by atoms with Gasteiger partial charge in [0.25, 0.3) is 0 Å². The van der Waals surface area contributed by atoms with Gasteiger partial charge in [-0.25, -0.2) is 5.43 Å². The third-order valence-electron chi connectivity index (χ3n) is 5.04. The van der Waals surface area contributed by atoms with Gasteiger partial charge >= 0.3 is 11.8 Å². The van der Waals surface area contributed by atoms with Gasteiger partial charge < -0.3 is 19.5 Å². The van der Waals surface area contributed by atoms with E-state index in [-0.39, 0.29) is 0 Å². The zero-order chi connectivity index (χ0) is 26.5. The number of ether oxygens (including phenoxy) is 3. The average Bonchev–Trinajstić information content (AvgIpc) is 2.90. The van der Waals surface area contributed by atoms with Crippen LogP contribution in [0.4, 0.5) is 5.69 Å². The molecule has 0 radical (unpaired) electrons. The molecule has 0 heterocycles. The largest absolute Gasteiger partial charge is 0.494 e. The highest BCUT2D eigenvalue weighted by Gasteiger charge is 2.13. The van der Waals surface area contributed by atoms with Gasteiger partial charge in [0.05, 0.1) is 19.4 Å². The van der Waals surface area contributed by atoms with Gasteiger partial charge in [-0.3, -0.25) is 9.59 Å². The van der Waals surface area contributed by atoms with Gasteiger partial charge in [-0.1, -0.05) is 37.1 Å². The van der Waals surface area contributed by atoms with Crippen LogP contribution in [0.5, 0.6) is 17.2 Å². The summed E-state index contributed by atoms with van der Waals surface area (Å²) in [5, 5.41) is 7.06. The van der Waals surface area contributed by atoms with E-state index in [2.05, 4.69) is 22.8 Å². The number of amides is 2. The topological polar surface area (TPSA) is 98.2 Å². The minimum absolute atomic E-state index is 0.352. The van der Waals surface area contributed by atoms with Crippen LogP contribution in [-0.4, -0.2) is 31.2 Å². The van der Waals surface area contributed by atoms with Crippen molar-refractivity contribution in [1.29, 1.82) is 0 Å². The van der Waals surface area contributed by atoms with Crippen LogP contribution in [-0.2, 0) is 16.2 Å². The Kier molecular flexibility index (Phi) is 10.8. The van der Waals surface area contributed by atoms with E-state index in [9.17, 15) is 9.59 Å². The standard InChI is InChI=1S/C28H30ClN3O5/c1-3-5-16-36-24-13-11-23(12-14-24)31-27(33)28(34)32-30-18-21-8-15-25(26(17-21)35-4-2)37-19-20-6-9-22(29)10-7-20/h6-15,17-18H,3-5,16,19H2,1-2H3,(H,31,33)(H,32,34)/b30-18-. The van der Waals surface area contributed by atoms with Gasteiger partial charge in [-0.15, -0.1) is 0 Å². The molecule has 0 unspecified atom stereocenters. The molecule has 2 N–H and O–H groups in total. The molecule has 0 aliphatic rings. The first-order valence-corrected chi connectivity index (χ1v) is 12.4. The van der Waals surface area contributed by atoms with E-state index in [0.717, 1.165) is 18.4 Å². The summed E-state index contributed by atoms with van der Waals surface area (Å²) in [4.78, 5) is 24.3. The molecule has 0 fully saturated rings. The van der Waals surface area contributed by atoms with Gasteiger partial charge in [0.1, 0.15) is 12.4 Å². The van der Waals surface area contributed by atoms with Gasteiger partial charge in [0.2, 0.25) is 0 Å². The lowest BCUT2D eigenvalue weighted by Crippen LogP contribution is -2.32. The molecular weight excluding hydrogens is 494 g/mol. The molecule has 8 nitrogen and oxygen atoms in total. The molecule has 3 rings (SSSR count). The molecule has 0 atom stereocenters. The smallest absolute Gasteiger partial charge is 0.329 e. The molecule has 0 saturated carbocycles. The molecule has 0 bridgehead atoms. The highest BCUT2D eigenvalue weighted by molar-refractivity contribution is 6.39. The van der Waals surface area contributed by atoms with E-state index in [4.69, 9.17) is 25.8 Å². The fraction of sp³-hybridized carbons (Fsp3) is 0.250. The summed E-state index contributed by atoms with van der Waals surface area (Å²) in [6, 6.07) is 19.5. The summed E-state index contributed by atoms with van der Waals surface area (Å²) in [5.74, 6) is 0.0734. The second kappa shape index (κ2) is 14.5. The summed E-state index contributed by atoms with van der Waals surface area (Å²) in [7, 11) is 0. The van der Waals surface area contributed by atoms with Crippen molar-refractivity contribution in [2.24, 2.45) is 5.10 Å². The van der Waals surface area contributed by atoms with Crippen molar-refractivity contribution in [2.75, 3.05) is 18.5 Å². The molecule has 37 heavy (non-hydrogen) atoms. The fourth-order valence-electron chi connectivity index (χ4n) is 3.11. The third-order valence-corrected chi connectivity index (χ3v) is 5.29. The molecule has 0 aliphatic heterocycles. The number of benzene rings is 3. The maximum Gasteiger partial charge on any atom is 0.329 e. The first-order chi connectivity index (χ1) is 18.0. The number of nitrogens with one attached hydrogen (secondary N) is 2. The predicted molar refractivity (Wildman–Crippen MR) is 145 cm³/mol. The van der Waals surface area contributed by atoms with Gasteiger partial charge in [0, 0.05) is 10.7 Å². The van der Waals surface area contributed by atoms with E-state index in [1.54, 1.807) is 54.6 Å². The highest BCUT2D eigenvalue weighted by Crippen LogP contribution is 2.29. The number of nitrogens with zero attached hydrogens (tertiary/aromatic N) is 1. The highest BCUT2D eigenvalue weighted by atomic mass is 35.5. The van der Waals surface area contributed by atoms with E-state index in [0.29, 0.717) is 53.3 Å². The van der Waals surface area contributed by atoms with Gasteiger partial charge in [-0.05, 0) is 79.1 Å². The quantitative estimate of drug-likeness (QED) is 0.140. The second-order valence-corrected chi connectivity index (χ2v) is 8.37. The predicted octanol–water partition coefficient (Wildman–Crippen LogP) is 5.59. The lowest BCUT2D eigenvalue weighted by atomic mass is 10.2. The molecule has 9 heteroatoms. The average molecular weight is 524 g/mol. The number of hydrogen-bond donors (Lipinski definition) is 2. The van der Waals surface area contributed by atoms with Crippen LogP contribution < -0.4 is 25.0 Å². The number of carbonyl (C=O) groups excluding carboxylic acids is 2. The lowest BCUT2D eigenvalue weighted by molar-refractivity contribution is -0.136. The molecule has 0 aliphatic carbocycles. The van der Waals surface area contributed by atoms with Crippen LogP contribution in [0, 0.1) is 0 Å². The summed E-state index contributed by atoms with van der Waals surface area (Å²) < 4.78 is 17.2. The van der Waals surface area contributed by atoms with Gasteiger partial charge in [-0.2, -0.15) is 5.10 Å². The minimum Gasteiger partial charge on any atom is -0.494 e. The van der Waals surface area contributed by atoms with Gasteiger partial charge in [0.15, 0.2) is 11.5 Å². The number of carbonyl (C=O) groups is 2. The number of halogens is 1. The zero-order valence-electron chi connectivity index (χ0n) is 20.8. The first-order valence-electron chi connectivity index (χ1n) is 12.0. The van der Waals surface area contributed by atoms with Crippen LogP contribution in [0.2, 0.25) is 5.02 Å². The Morgan fingerprint density at radius 3 is 2.35 bits per heavy atom. The molecule has 3 aromatic carbocycles. The number of hydrogen-bond acceptors (Lipinski definition) is 6. The zero-order valence-corrected chi connectivity index (χ0v) is 21.6. The van der Waals surface area contributed by atoms with E-state index < -0.39 is 11.8 Å². The summed E-state index contributed by atoms with van der Waals surface area (Å²) in [5.41, 5.74) is 4.32. The summed E-state index contributed by atoms with van der Waals surface area (Å²) in [6.45, 7) is 5.39. The number of anilines is 1. The monoisotopic (exact) mass is 523 g/mol. The van der Waals surface area contributed by atoms with Crippen LogP contribution in [0.3, 0.4) is 0 Å². The first kappa shape index (κ1) is 27.5. The van der Waals surface area contributed by atoms with Crippen molar-refractivity contribution in [3.05, 3.63) is 82.9 Å². The van der Waals surface area contributed by atoms with Crippen LogP contribution in [0.25, 0.3) is 0 Å². The van der Waals surface area contributed by atoms with E-state index in [1.165, 1.54) is 6.21 Å². The second-order valence-electron chi connectivity index (χ2n) is 7.93. The lowest BCUT2D eigenvalue weighted by Gasteiger charge is -2.12. The van der Waals surface area contributed by atoms with E-state index >= 15 is 0 Å². The maximum atomic E-state index is 12.2. The van der Waals surface area contributed by atoms with Crippen LogP contribution >= 0.6 is 11.6 Å². The van der Waals surface area contributed by atoms with Crippen LogP contribution in [0.1, 0.15) is 37.8 Å². The Balaban J connectivity index is 1.52. The van der Waals surface area contributed by atoms with Crippen molar-refractivity contribution in [2.45, 2.75) is 33.3 Å². The Bertz CT molecular complexity index is 1200. The van der Waals surface area contributed by atoms with E-state index in [1.807, 2.05) is 19.1 Å². The SMILES string of the molecule is CCCCOc1ccc(NC(=O)C(=O)N/N=C\c2ccc(OCc3ccc(Cl)cc3)c(OCC)c2)cc1. The molecule has 194 valence electrons. The molecule has 3 aromatic rings. The molecule has 2 amide bonds. The summed E-state index contributed by atoms with van der Waals surface area (Å²) in [6.07, 6.45) is 3.43. The molecule has 0 aromatic heterocycles. The Morgan fingerprint density at radius 1 is 0.892 bits per heavy atom. The van der Waals surface area contributed by atoms with Crippen molar-refractivity contribution in [3.63, 3.8) is 0 Å². The summed E-state index contributed by atoms with van der Waals surface area (Å²) >= 11 is 5.92. The Morgan fingerprint density at radius 2 is 1.65 bits per heavy atom. The maximum absolute atomic E-state index is 12.2.